The van der Waals surface area contributed by atoms with Gasteiger partial charge in [-0.3, -0.25) is 9.78 Å². The Labute approximate surface area is 167 Å². The summed E-state index contributed by atoms with van der Waals surface area (Å²) in [5.74, 6) is 0.779. The second-order valence-corrected chi connectivity index (χ2v) is 7.97. The summed E-state index contributed by atoms with van der Waals surface area (Å²) in [7, 11) is 0. The van der Waals surface area contributed by atoms with Gasteiger partial charge in [0.25, 0.3) is 0 Å². The summed E-state index contributed by atoms with van der Waals surface area (Å²) in [5.41, 5.74) is 3.11. The van der Waals surface area contributed by atoms with Crippen molar-refractivity contribution in [1.29, 1.82) is 0 Å². The van der Waals surface area contributed by atoms with E-state index in [1.54, 1.807) is 18.0 Å². The van der Waals surface area contributed by atoms with Gasteiger partial charge in [-0.2, -0.15) is 0 Å². The molecule has 1 N–H and O–H groups in total. The monoisotopic (exact) mass is 397 g/mol. The molecule has 2 aromatic carbocycles. The van der Waals surface area contributed by atoms with Crippen molar-refractivity contribution in [2.24, 2.45) is 0 Å². The first-order chi connectivity index (χ1) is 13.2. The number of pyridine rings is 1. The SMILES string of the molecule is O=C1CSC(c2ccccc2)N1CCCNc1ccnc2cc(Cl)ccc12. The van der Waals surface area contributed by atoms with Gasteiger partial charge in [-0.25, -0.2) is 0 Å². The minimum atomic E-state index is 0.127. The van der Waals surface area contributed by atoms with E-state index in [9.17, 15) is 4.79 Å². The van der Waals surface area contributed by atoms with Gasteiger partial charge < -0.3 is 10.2 Å². The standard InChI is InChI=1S/C21H20ClN3OS/c22-16-7-8-17-18(9-11-24-19(17)13-16)23-10-4-12-25-20(26)14-27-21(25)15-5-2-1-3-6-15/h1-3,5-9,11,13,21H,4,10,12,14H2,(H,23,24). The molecule has 1 amide bonds. The highest BCUT2D eigenvalue weighted by Crippen LogP contribution is 2.38. The highest BCUT2D eigenvalue weighted by atomic mass is 35.5. The van der Waals surface area contributed by atoms with Crippen molar-refractivity contribution in [2.45, 2.75) is 11.8 Å². The van der Waals surface area contributed by atoms with Gasteiger partial charge in [0.05, 0.1) is 11.3 Å². The lowest BCUT2D eigenvalue weighted by Crippen LogP contribution is -2.30. The lowest BCUT2D eigenvalue weighted by molar-refractivity contribution is -0.128. The number of hydrogen-bond acceptors (Lipinski definition) is 4. The molecule has 138 valence electrons. The number of thioether (sulfide) groups is 1. The van der Waals surface area contributed by atoms with Crippen LogP contribution >= 0.6 is 23.4 Å². The third kappa shape index (κ3) is 4.04. The number of carbonyl (C=O) groups is 1. The van der Waals surface area contributed by atoms with Crippen LogP contribution in [0.3, 0.4) is 0 Å². The molecule has 1 fully saturated rings. The highest BCUT2D eigenvalue weighted by molar-refractivity contribution is 8.00. The van der Waals surface area contributed by atoms with E-state index in [-0.39, 0.29) is 11.3 Å². The molecule has 0 bridgehead atoms. The topological polar surface area (TPSA) is 45.2 Å². The van der Waals surface area contributed by atoms with Crippen LogP contribution in [0.25, 0.3) is 10.9 Å². The molecule has 6 heteroatoms. The summed E-state index contributed by atoms with van der Waals surface area (Å²) in [6.07, 6.45) is 2.67. The quantitative estimate of drug-likeness (QED) is 0.597. The molecule has 0 aliphatic carbocycles. The molecule has 1 aliphatic rings. The van der Waals surface area contributed by atoms with Crippen molar-refractivity contribution in [2.75, 3.05) is 24.2 Å². The first-order valence-electron chi connectivity index (χ1n) is 8.96. The highest BCUT2D eigenvalue weighted by Gasteiger charge is 2.31. The summed E-state index contributed by atoms with van der Waals surface area (Å²) in [5, 5.41) is 5.34. The predicted molar refractivity (Wildman–Crippen MR) is 113 cm³/mol. The second-order valence-electron chi connectivity index (χ2n) is 6.46. The van der Waals surface area contributed by atoms with E-state index in [2.05, 4.69) is 22.4 Å². The summed E-state index contributed by atoms with van der Waals surface area (Å²) in [6.45, 7) is 1.53. The molecule has 2 heterocycles. The number of fused-ring (bicyclic) bond motifs is 1. The smallest absolute Gasteiger partial charge is 0.233 e. The van der Waals surface area contributed by atoms with Gasteiger partial charge in [0, 0.05) is 35.4 Å². The van der Waals surface area contributed by atoms with Crippen LogP contribution in [0.15, 0.2) is 60.8 Å². The van der Waals surface area contributed by atoms with Crippen LogP contribution < -0.4 is 5.32 Å². The molecule has 1 aliphatic heterocycles. The number of aromatic nitrogens is 1. The number of hydrogen-bond donors (Lipinski definition) is 1. The van der Waals surface area contributed by atoms with Crippen LogP contribution in [-0.4, -0.2) is 34.6 Å². The number of rotatable bonds is 6. The molecule has 1 saturated heterocycles. The zero-order valence-electron chi connectivity index (χ0n) is 14.8. The van der Waals surface area contributed by atoms with Crippen LogP contribution in [0.1, 0.15) is 17.4 Å². The number of nitrogens with zero attached hydrogens (tertiary/aromatic N) is 2. The van der Waals surface area contributed by atoms with Gasteiger partial charge in [0.1, 0.15) is 5.37 Å². The fourth-order valence-electron chi connectivity index (χ4n) is 3.34. The van der Waals surface area contributed by atoms with Gasteiger partial charge >= 0.3 is 0 Å². The molecule has 4 rings (SSSR count). The fraction of sp³-hybridized carbons (Fsp3) is 0.238. The Balaban J connectivity index is 1.38. The van der Waals surface area contributed by atoms with Crippen molar-refractivity contribution < 1.29 is 4.79 Å². The molecule has 0 radical (unpaired) electrons. The third-order valence-electron chi connectivity index (χ3n) is 4.65. The summed E-state index contributed by atoms with van der Waals surface area (Å²) in [4.78, 5) is 18.7. The lowest BCUT2D eigenvalue weighted by Gasteiger charge is -2.24. The fourth-order valence-corrected chi connectivity index (χ4v) is 4.72. The molecular formula is C21H20ClN3OS. The Hall–Kier alpha value is -2.24. The molecule has 3 aromatic rings. The van der Waals surface area contributed by atoms with Crippen molar-refractivity contribution >= 4 is 45.9 Å². The Morgan fingerprint density at radius 1 is 1.19 bits per heavy atom. The predicted octanol–water partition coefficient (Wildman–Crippen LogP) is 4.96. The maximum atomic E-state index is 12.3. The summed E-state index contributed by atoms with van der Waals surface area (Å²) in [6, 6.07) is 17.9. The van der Waals surface area contributed by atoms with Gasteiger partial charge in [0.2, 0.25) is 5.91 Å². The van der Waals surface area contributed by atoms with Crippen LogP contribution in [-0.2, 0) is 4.79 Å². The van der Waals surface area contributed by atoms with Gasteiger partial charge in [-0.05, 0) is 36.2 Å². The normalized spacial score (nSPS) is 16.9. The Bertz CT molecular complexity index is 951. The average molecular weight is 398 g/mol. The molecule has 4 nitrogen and oxygen atoms in total. The maximum Gasteiger partial charge on any atom is 0.233 e. The van der Waals surface area contributed by atoms with E-state index in [4.69, 9.17) is 11.6 Å². The number of carbonyl (C=O) groups excluding carboxylic acids is 1. The van der Waals surface area contributed by atoms with Crippen molar-refractivity contribution in [3.8, 4) is 0 Å². The number of anilines is 1. The number of amides is 1. The van der Waals surface area contributed by atoms with E-state index in [0.717, 1.165) is 36.1 Å². The van der Waals surface area contributed by atoms with E-state index in [0.29, 0.717) is 10.8 Å². The van der Waals surface area contributed by atoms with Crippen molar-refractivity contribution in [3.63, 3.8) is 0 Å². The second kappa shape index (κ2) is 8.19. The largest absolute Gasteiger partial charge is 0.384 e. The van der Waals surface area contributed by atoms with E-state index < -0.39 is 0 Å². The third-order valence-corrected chi connectivity index (χ3v) is 6.14. The number of nitrogens with one attached hydrogen (secondary N) is 1. The first kappa shape index (κ1) is 18.1. The first-order valence-corrected chi connectivity index (χ1v) is 10.4. The maximum absolute atomic E-state index is 12.3. The van der Waals surface area contributed by atoms with E-state index in [1.165, 1.54) is 5.56 Å². The average Bonchev–Trinajstić information content (AvgIpc) is 3.06. The zero-order valence-corrected chi connectivity index (χ0v) is 16.3. The number of halogens is 1. The molecule has 1 aromatic heterocycles. The van der Waals surface area contributed by atoms with Crippen molar-refractivity contribution in [3.05, 3.63) is 71.4 Å². The Morgan fingerprint density at radius 2 is 2.04 bits per heavy atom. The minimum absolute atomic E-state index is 0.127. The number of benzene rings is 2. The van der Waals surface area contributed by atoms with E-state index in [1.807, 2.05) is 47.4 Å². The van der Waals surface area contributed by atoms with Crippen LogP contribution in [0, 0.1) is 0 Å². The molecule has 27 heavy (non-hydrogen) atoms. The molecule has 1 atom stereocenters. The lowest BCUT2D eigenvalue weighted by atomic mass is 10.2. The summed E-state index contributed by atoms with van der Waals surface area (Å²) >= 11 is 7.75. The molecule has 1 unspecified atom stereocenters. The van der Waals surface area contributed by atoms with E-state index >= 15 is 0 Å². The van der Waals surface area contributed by atoms with Crippen molar-refractivity contribution in [1.82, 2.24) is 9.88 Å². The van der Waals surface area contributed by atoms with Crippen LogP contribution in [0.5, 0.6) is 0 Å². The van der Waals surface area contributed by atoms with Gasteiger partial charge in [-0.15, -0.1) is 11.8 Å². The Morgan fingerprint density at radius 3 is 2.89 bits per heavy atom. The van der Waals surface area contributed by atoms with Crippen LogP contribution in [0.4, 0.5) is 5.69 Å². The van der Waals surface area contributed by atoms with Gasteiger partial charge in [-0.1, -0.05) is 41.9 Å². The Kier molecular flexibility index (Phi) is 5.50. The molecule has 0 saturated carbocycles. The molecular weight excluding hydrogens is 378 g/mol. The molecule has 0 spiro atoms. The van der Waals surface area contributed by atoms with Gasteiger partial charge in [0.15, 0.2) is 0 Å². The van der Waals surface area contributed by atoms with Crippen LogP contribution in [0.2, 0.25) is 5.02 Å². The summed E-state index contributed by atoms with van der Waals surface area (Å²) < 4.78 is 0. The minimum Gasteiger partial charge on any atom is -0.384 e. The zero-order chi connectivity index (χ0) is 18.6.